The largest absolute Gasteiger partial charge is 0.346 e. The van der Waals surface area contributed by atoms with Gasteiger partial charge in [0, 0.05) is 31.1 Å². The molecule has 1 aliphatic rings. The monoisotopic (exact) mass is 407 g/mol. The van der Waals surface area contributed by atoms with Gasteiger partial charge in [-0.1, -0.05) is 43.3 Å². The fourth-order valence-electron chi connectivity index (χ4n) is 4.04. The Kier molecular flexibility index (Phi) is 7.50. The van der Waals surface area contributed by atoms with E-state index in [1.54, 1.807) is 0 Å². The molecule has 160 valence electrons. The van der Waals surface area contributed by atoms with Crippen LogP contribution in [0.2, 0.25) is 0 Å². The molecule has 1 heterocycles. The summed E-state index contributed by atoms with van der Waals surface area (Å²) in [7, 11) is 0. The number of likely N-dealkylation sites (tertiary alicyclic amines) is 1. The molecule has 3 rings (SSSR count). The summed E-state index contributed by atoms with van der Waals surface area (Å²) < 4.78 is 0. The first-order valence-electron chi connectivity index (χ1n) is 11.0. The van der Waals surface area contributed by atoms with Gasteiger partial charge < -0.3 is 15.5 Å². The molecule has 0 bridgehead atoms. The van der Waals surface area contributed by atoms with Crippen LogP contribution in [0.3, 0.4) is 0 Å². The number of piperidine rings is 1. The number of amides is 3. The standard InChI is InChI=1S/C25H33N3O2/c1-4-19-11-13-20(14-12-19)18(3)27-24(29)22-9-6-8-21(16-22)23-10-7-15-28(17-23)25(30)26-5-2/h6,8-9,11-14,16,18,23H,4-5,7,10,15,17H2,1-3H3,(H,26,30)(H,27,29)/t18-,23-/m0/s1. The number of nitrogens with one attached hydrogen (secondary N) is 2. The van der Waals surface area contributed by atoms with E-state index in [9.17, 15) is 9.59 Å². The van der Waals surface area contributed by atoms with Gasteiger partial charge in [-0.15, -0.1) is 0 Å². The van der Waals surface area contributed by atoms with Crippen molar-refractivity contribution in [2.24, 2.45) is 0 Å². The lowest BCUT2D eigenvalue weighted by molar-refractivity contribution is 0.0939. The van der Waals surface area contributed by atoms with Crippen LogP contribution in [0, 0.1) is 0 Å². The summed E-state index contributed by atoms with van der Waals surface area (Å²) >= 11 is 0. The van der Waals surface area contributed by atoms with Gasteiger partial charge in [0.2, 0.25) is 0 Å². The normalized spacial score (nSPS) is 17.3. The van der Waals surface area contributed by atoms with Crippen LogP contribution in [0.4, 0.5) is 4.79 Å². The maximum atomic E-state index is 12.9. The van der Waals surface area contributed by atoms with Crippen molar-refractivity contribution in [3.05, 3.63) is 70.8 Å². The Morgan fingerprint density at radius 2 is 1.90 bits per heavy atom. The number of hydrogen-bond donors (Lipinski definition) is 2. The first kappa shape index (κ1) is 21.9. The Bertz CT molecular complexity index is 863. The van der Waals surface area contributed by atoms with Gasteiger partial charge in [-0.05, 0) is 61.9 Å². The number of rotatable bonds is 6. The number of aryl methyl sites for hydroxylation is 1. The summed E-state index contributed by atoms with van der Waals surface area (Å²) in [5.41, 5.74) is 4.18. The molecule has 2 aromatic carbocycles. The predicted molar refractivity (Wildman–Crippen MR) is 121 cm³/mol. The highest BCUT2D eigenvalue weighted by Crippen LogP contribution is 2.27. The second-order valence-electron chi connectivity index (χ2n) is 8.04. The molecule has 1 saturated heterocycles. The van der Waals surface area contributed by atoms with E-state index < -0.39 is 0 Å². The minimum absolute atomic E-state index is 0.000913. The first-order chi connectivity index (χ1) is 14.5. The second kappa shape index (κ2) is 10.3. The van der Waals surface area contributed by atoms with Crippen molar-refractivity contribution in [2.75, 3.05) is 19.6 Å². The fraction of sp³-hybridized carbons (Fsp3) is 0.440. The van der Waals surface area contributed by atoms with Crippen LogP contribution in [0.15, 0.2) is 48.5 Å². The van der Waals surface area contributed by atoms with Gasteiger partial charge in [-0.25, -0.2) is 4.79 Å². The highest BCUT2D eigenvalue weighted by molar-refractivity contribution is 5.94. The molecule has 0 saturated carbocycles. The zero-order valence-corrected chi connectivity index (χ0v) is 18.3. The van der Waals surface area contributed by atoms with E-state index in [-0.39, 0.29) is 23.9 Å². The van der Waals surface area contributed by atoms with E-state index in [0.717, 1.165) is 36.9 Å². The highest BCUT2D eigenvalue weighted by atomic mass is 16.2. The van der Waals surface area contributed by atoms with Gasteiger partial charge in [-0.2, -0.15) is 0 Å². The third-order valence-corrected chi connectivity index (χ3v) is 5.89. The molecule has 0 aromatic heterocycles. The number of hydrogen-bond acceptors (Lipinski definition) is 2. The lowest BCUT2D eigenvalue weighted by Crippen LogP contribution is -2.44. The van der Waals surface area contributed by atoms with Gasteiger partial charge >= 0.3 is 6.03 Å². The van der Waals surface area contributed by atoms with E-state index >= 15 is 0 Å². The van der Waals surface area contributed by atoms with Crippen LogP contribution < -0.4 is 10.6 Å². The van der Waals surface area contributed by atoms with Crippen LogP contribution >= 0.6 is 0 Å². The van der Waals surface area contributed by atoms with Crippen molar-refractivity contribution >= 4 is 11.9 Å². The molecule has 5 heteroatoms. The molecule has 1 aliphatic heterocycles. The van der Waals surface area contributed by atoms with Gasteiger partial charge in [0.25, 0.3) is 5.91 Å². The molecule has 0 aliphatic carbocycles. The number of urea groups is 1. The summed E-state index contributed by atoms with van der Waals surface area (Å²) in [6, 6.07) is 16.2. The summed E-state index contributed by atoms with van der Waals surface area (Å²) in [6.07, 6.45) is 3.01. The molecule has 2 atom stereocenters. The van der Waals surface area contributed by atoms with E-state index in [1.807, 2.05) is 36.9 Å². The van der Waals surface area contributed by atoms with Crippen LogP contribution in [0.1, 0.15) is 72.6 Å². The van der Waals surface area contributed by atoms with Crippen molar-refractivity contribution in [3.8, 4) is 0 Å². The number of carbonyl (C=O) groups is 2. The Labute approximate surface area is 179 Å². The average molecular weight is 408 g/mol. The molecule has 2 aromatic rings. The number of benzene rings is 2. The van der Waals surface area contributed by atoms with E-state index in [2.05, 4.69) is 47.9 Å². The summed E-state index contributed by atoms with van der Waals surface area (Å²) in [4.78, 5) is 26.9. The first-order valence-corrected chi connectivity index (χ1v) is 11.0. The molecule has 30 heavy (non-hydrogen) atoms. The smallest absolute Gasteiger partial charge is 0.317 e. The summed E-state index contributed by atoms with van der Waals surface area (Å²) in [5, 5.41) is 5.99. The lowest BCUT2D eigenvalue weighted by atomic mass is 9.89. The second-order valence-corrected chi connectivity index (χ2v) is 8.04. The zero-order valence-electron chi connectivity index (χ0n) is 18.3. The van der Waals surface area contributed by atoms with Crippen molar-refractivity contribution in [1.29, 1.82) is 0 Å². The van der Waals surface area contributed by atoms with E-state index in [0.29, 0.717) is 18.7 Å². The molecule has 3 amide bonds. The average Bonchev–Trinajstić information content (AvgIpc) is 2.79. The third kappa shape index (κ3) is 5.41. The molecular weight excluding hydrogens is 374 g/mol. The van der Waals surface area contributed by atoms with Crippen molar-refractivity contribution in [1.82, 2.24) is 15.5 Å². The molecule has 0 radical (unpaired) electrons. The minimum atomic E-state index is -0.0692. The quantitative estimate of drug-likeness (QED) is 0.732. The topological polar surface area (TPSA) is 61.4 Å². The van der Waals surface area contributed by atoms with Crippen molar-refractivity contribution < 1.29 is 9.59 Å². The maximum absolute atomic E-state index is 12.9. The van der Waals surface area contributed by atoms with Crippen molar-refractivity contribution in [2.45, 2.75) is 52.0 Å². The summed E-state index contributed by atoms with van der Waals surface area (Å²) in [6.45, 7) is 8.19. The van der Waals surface area contributed by atoms with Gasteiger partial charge in [0.1, 0.15) is 0 Å². The highest BCUT2D eigenvalue weighted by Gasteiger charge is 2.25. The zero-order chi connectivity index (χ0) is 21.5. The van der Waals surface area contributed by atoms with Gasteiger partial charge in [0.15, 0.2) is 0 Å². The molecule has 0 unspecified atom stereocenters. The van der Waals surface area contributed by atoms with Crippen LogP contribution in [0.25, 0.3) is 0 Å². The predicted octanol–water partition coefficient (Wildman–Crippen LogP) is 4.65. The van der Waals surface area contributed by atoms with Gasteiger partial charge in [0.05, 0.1) is 6.04 Å². The Hall–Kier alpha value is -2.82. The van der Waals surface area contributed by atoms with Crippen LogP contribution in [-0.2, 0) is 6.42 Å². The van der Waals surface area contributed by atoms with Crippen LogP contribution in [0.5, 0.6) is 0 Å². The third-order valence-electron chi connectivity index (χ3n) is 5.89. The maximum Gasteiger partial charge on any atom is 0.317 e. The Morgan fingerprint density at radius 1 is 1.13 bits per heavy atom. The number of nitrogens with zero attached hydrogens (tertiary/aromatic N) is 1. The lowest BCUT2D eigenvalue weighted by Gasteiger charge is -2.33. The van der Waals surface area contributed by atoms with Crippen LogP contribution in [-0.4, -0.2) is 36.5 Å². The molecule has 2 N–H and O–H groups in total. The van der Waals surface area contributed by atoms with Crippen molar-refractivity contribution in [3.63, 3.8) is 0 Å². The molecule has 1 fully saturated rings. The Balaban J connectivity index is 1.66. The Morgan fingerprint density at radius 3 is 2.60 bits per heavy atom. The minimum Gasteiger partial charge on any atom is -0.346 e. The van der Waals surface area contributed by atoms with E-state index in [1.165, 1.54) is 5.56 Å². The molecule has 5 nitrogen and oxygen atoms in total. The molecular formula is C25H33N3O2. The summed E-state index contributed by atoms with van der Waals surface area (Å²) in [5.74, 6) is 0.188. The number of carbonyl (C=O) groups excluding carboxylic acids is 2. The van der Waals surface area contributed by atoms with Gasteiger partial charge in [-0.3, -0.25) is 4.79 Å². The van der Waals surface area contributed by atoms with E-state index in [4.69, 9.17) is 0 Å². The fourth-order valence-corrected chi connectivity index (χ4v) is 4.04. The SMILES string of the molecule is CCNC(=O)N1CCC[C@H](c2cccc(C(=O)N[C@@H](C)c3ccc(CC)cc3)c2)C1. The molecule has 0 spiro atoms.